The van der Waals surface area contributed by atoms with Crippen molar-refractivity contribution in [1.29, 1.82) is 0 Å². The van der Waals surface area contributed by atoms with Gasteiger partial charge in [-0.2, -0.15) is 0 Å². The van der Waals surface area contributed by atoms with Gasteiger partial charge in [0.25, 0.3) is 0 Å². The maximum atomic E-state index is 11.5. The predicted octanol–water partition coefficient (Wildman–Crippen LogP) is 2.77. The average molecular weight is 355 g/mol. The highest BCUT2D eigenvalue weighted by atomic mass is 79.9. The highest BCUT2D eigenvalue weighted by Crippen LogP contribution is 2.48. The molecule has 1 aromatic carbocycles. The van der Waals surface area contributed by atoms with Crippen LogP contribution in [0, 0.1) is 0 Å². The molecule has 0 fully saturated rings. The molecule has 1 N–H and O–H groups in total. The first-order chi connectivity index (χ1) is 9.85. The van der Waals surface area contributed by atoms with Crippen LogP contribution >= 0.6 is 15.9 Å². The van der Waals surface area contributed by atoms with Crippen LogP contribution in [-0.4, -0.2) is 22.6 Å². The third-order valence-electron chi connectivity index (χ3n) is 3.70. The van der Waals surface area contributed by atoms with Crippen molar-refractivity contribution in [2.24, 2.45) is 0 Å². The Hall–Kier alpha value is -1.53. The molecule has 0 saturated carbocycles. The van der Waals surface area contributed by atoms with Crippen molar-refractivity contribution < 1.29 is 19.0 Å². The summed E-state index contributed by atoms with van der Waals surface area (Å²) >= 11 is 3.46. The lowest BCUT2D eigenvalue weighted by molar-refractivity contribution is 0.0228. The lowest BCUT2D eigenvalue weighted by Crippen LogP contribution is -2.45. The summed E-state index contributed by atoms with van der Waals surface area (Å²) in [5.41, 5.74) is -0.338. The smallest absolute Gasteiger partial charge is 0.336 e. The van der Waals surface area contributed by atoms with Gasteiger partial charge < -0.3 is 19.0 Å². The van der Waals surface area contributed by atoms with E-state index in [1.54, 1.807) is 12.1 Å². The molecule has 0 unspecified atom stereocenters. The first kappa shape index (κ1) is 14.4. The van der Waals surface area contributed by atoms with Gasteiger partial charge in [-0.1, -0.05) is 15.9 Å². The molecular formula is C15H15BrO5. The largest absolute Gasteiger partial charge is 0.496 e. The lowest BCUT2D eigenvalue weighted by atomic mass is 9.90. The number of fused-ring (bicyclic) bond motifs is 3. The molecule has 0 aliphatic carbocycles. The molecule has 21 heavy (non-hydrogen) atoms. The molecule has 2 atom stereocenters. The number of hydrogen-bond acceptors (Lipinski definition) is 5. The number of aliphatic hydroxyl groups excluding tert-OH is 1. The maximum Gasteiger partial charge on any atom is 0.336 e. The Morgan fingerprint density at radius 3 is 2.76 bits per heavy atom. The zero-order chi connectivity index (χ0) is 15.4. The minimum Gasteiger partial charge on any atom is -0.496 e. The monoisotopic (exact) mass is 354 g/mol. The molecule has 0 spiro atoms. The normalized spacial score (nSPS) is 23.5. The molecule has 1 aromatic heterocycles. The second-order valence-corrected chi connectivity index (χ2v) is 6.53. The fraction of sp³-hybridized carbons (Fsp3) is 0.400. The van der Waals surface area contributed by atoms with Crippen LogP contribution in [0.5, 0.6) is 11.5 Å². The Balaban J connectivity index is 2.39. The summed E-state index contributed by atoms with van der Waals surface area (Å²) in [6.45, 7) is 3.74. The SMILES string of the molecule is COc1cc2c(c3oc(=O)ccc13)[C@H](O)[C@@H](Br)C(C)(C)O2. The Kier molecular flexibility index (Phi) is 3.26. The van der Waals surface area contributed by atoms with Gasteiger partial charge in [0, 0.05) is 12.1 Å². The second kappa shape index (κ2) is 4.74. The summed E-state index contributed by atoms with van der Waals surface area (Å²) in [4.78, 5) is 11.2. The molecule has 2 heterocycles. The van der Waals surface area contributed by atoms with E-state index in [4.69, 9.17) is 13.9 Å². The average Bonchev–Trinajstić information content (AvgIpc) is 2.43. The quantitative estimate of drug-likeness (QED) is 0.629. The van der Waals surface area contributed by atoms with Gasteiger partial charge >= 0.3 is 5.63 Å². The summed E-state index contributed by atoms with van der Waals surface area (Å²) in [5.74, 6) is 0.991. The molecule has 1 aliphatic rings. The van der Waals surface area contributed by atoms with Crippen molar-refractivity contribution in [3.63, 3.8) is 0 Å². The summed E-state index contributed by atoms with van der Waals surface area (Å²) in [6, 6.07) is 4.65. The molecule has 6 heteroatoms. The van der Waals surface area contributed by atoms with Gasteiger partial charge in [-0.15, -0.1) is 0 Å². The van der Waals surface area contributed by atoms with Crippen LogP contribution in [0.2, 0.25) is 0 Å². The third kappa shape index (κ3) is 2.13. The number of hydrogen-bond donors (Lipinski definition) is 1. The van der Waals surface area contributed by atoms with Crippen molar-refractivity contribution in [3.05, 3.63) is 34.2 Å². The van der Waals surface area contributed by atoms with Gasteiger partial charge in [0.05, 0.1) is 22.9 Å². The Labute approximate surface area is 129 Å². The Morgan fingerprint density at radius 1 is 1.38 bits per heavy atom. The number of methoxy groups -OCH3 is 1. The van der Waals surface area contributed by atoms with Crippen LogP contribution in [0.3, 0.4) is 0 Å². The molecule has 0 radical (unpaired) electrons. The predicted molar refractivity (Wildman–Crippen MR) is 81.4 cm³/mol. The minimum absolute atomic E-state index is 0.296. The van der Waals surface area contributed by atoms with Gasteiger partial charge in [0.15, 0.2) is 5.58 Å². The first-order valence-electron chi connectivity index (χ1n) is 6.51. The van der Waals surface area contributed by atoms with Gasteiger partial charge in [0.1, 0.15) is 23.2 Å². The van der Waals surface area contributed by atoms with E-state index in [9.17, 15) is 9.90 Å². The van der Waals surface area contributed by atoms with Crippen molar-refractivity contribution >= 4 is 26.9 Å². The number of aliphatic hydroxyl groups is 1. The zero-order valence-electron chi connectivity index (χ0n) is 11.8. The summed E-state index contributed by atoms with van der Waals surface area (Å²) in [7, 11) is 1.53. The fourth-order valence-electron chi connectivity index (χ4n) is 2.60. The summed E-state index contributed by atoms with van der Waals surface area (Å²) in [6.07, 6.45) is -0.859. The zero-order valence-corrected chi connectivity index (χ0v) is 13.4. The highest BCUT2D eigenvalue weighted by Gasteiger charge is 2.43. The van der Waals surface area contributed by atoms with Crippen molar-refractivity contribution in [2.45, 2.75) is 30.4 Å². The number of ether oxygens (including phenoxy) is 2. The van der Waals surface area contributed by atoms with E-state index in [0.29, 0.717) is 28.0 Å². The highest BCUT2D eigenvalue weighted by molar-refractivity contribution is 9.09. The minimum atomic E-state index is -0.859. The van der Waals surface area contributed by atoms with E-state index in [-0.39, 0.29) is 4.83 Å². The molecule has 0 bridgehead atoms. The molecule has 0 saturated heterocycles. The lowest BCUT2D eigenvalue weighted by Gasteiger charge is -2.40. The van der Waals surface area contributed by atoms with E-state index >= 15 is 0 Å². The summed E-state index contributed by atoms with van der Waals surface area (Å²) in [5, 5.41) is 11.2. The van der Waals surface area contributed by atoms with Crippen molar-refractivity contribution in [3.8, 4) is 11.5 Å². The van der Waals surface area contributed by atoms with Crippen LogP contribution in [-0.2, 0) is 0 Å². The number of benzene rings is 1. The topological polar surface area (TPSA) is 68.9 Å². The standard InChI is InChI=1S/C15H15BrO5/c1-15(2)14(16)12(18)11-9(21-15)6-8(19-3)7-4-5-10(17)20-13(7)11/h4-6,12,14,18H,1-3H3/t12-,14+/m0/s1. The van der Waals surface area contributed by atoms with Crippen LogP contribution in [0.4, 0.5) is 0 Å². The van der Waals surface area contributed by atoms with Crippen LogP contribution in [0.1, 0.15) is 25.5 Å². The molecule has 2 aromatic rings. The molecule has 5 nitrogen and oxygen atoms in total. The van der Waals surface area contributed by atoms with Crippen molar-refractivity contribution in [2.75, 3.05) is 7.11 Å². The van der Waals surface area contributed by atoms with E-state index in [2.05, 4.69) is 15.9 Å². The van der Waals surface area contributed by atoms with Gasteiger partial charge in [-0.3, -0.25) is 0 Å². The van der Waals surface area contributed by atoms with E-state index in [0.717, 1.165) is 0 Å². The molecule has 1 aliphatic heterocycles. The first-order valence-corrected chi connectivity index (χ1v) is 7.42. The van der Waals surface area contributed by atoms with E-state index < -0.39 is 17.3 Å². The van der Waals surface area contributed by atoms with Gasteiger partial charge in [0.2, 0.25) is 0 Å². The number of halogens is 1. The second-order valence-electron chi connectivity index (χ2n) is 5.54. The molecule has 0 amide bonds. The third-order valence-corrected chi connectivity index (χ3v) is 5.30. The fourth-order valence-corrected chi connectivity index (χ4v) is 2.95. The Bertz CT molecular complexity index is 764. The maximum absolute atomic E-state index is 11.5. The van der Waals surface area contributed by atoms with Gasteiger partial charge in [-0.05, 0) is 19.9 Å². The van der Waals surface area contributed by atoms with Crippen molar-refractivity contribution in [1.82, 2.24) is 0 Å². The van der Waals surface area contributed by atoms with E-state index in [1.807, 2.05) is 13.8 Å². The van der Waals surface area contributed by atoms with E-state index in [1.165, 1.54) is 13.2 Å². The van der Waals surface area contributed by atoms with Crippen LogP contribution in [0.15, 0.2) is 27.4 Å². The van der Waals surface area contributed by atoms with Gasteiger partial charge in [-0.25, -0.2) is 4.79 Å². The molecule has 3 rings (SSSR count). The Morgan fingerprint density at radius 2 is 2.10 bits per heavy atom. The molecule has 112 valence electrons. The van der Waals surface area contributed by atoms with Crippen LogP contribution in [0.25, 0.3) is 11.0 Å². The van der Waals surface area contributed by atoms with Crippen LogP contribution < -0.4 is 15.1 Å². The number of rotatable bonds is 1. The summed E-state index contributed by atoms with van der Waals surface area (Å²) < 4.78 is 16.6. The number of alkyl halides is 1. The molecular weight excluding hydrogens is 340 g/mol.